The lowest BCUT2D eigenvalue weighted by Crippen LogP contribution is -2.36. The van der Waals surface area contributed by atoms with E-state index in [1.165, 1.54) is 6.26 Å². The molecule has 1 amide bonds. The van der Waals surface area contributed by atoms with E-state index in [4.69, 9.17) is 9.52 Å². The molecule has 2 N–H and O–H groups in total. The van der Waals surface area contributed by atoms with Crippen LogP contribution in [0.2, 0.25) is 0 Å². The molecule has 5 heteroatoms. The molecule has 22 heavy (non-hydrogen) atoms. The molecule has 1 aromatic carbocycles. The molecule has 0 spiro atoms. The van der Waals surface area contributed by atoms with Crippen LogP contribution in [0.5, 0.6) is 0 Å². The van der Waals surface area contributed by atoms with Crippen LogP contribution in [0.25, 0.3) is 0 Å². The maximum atomic E-state index is 12.2. The zero-order chi connectivity index (χ0) is 15.9. The van der Waals surface area contributed by atoms with Gasteiger partial charge in [-0.2, -0.15) is 0 Å². The minimum atomic E-state index is -0.869. The molecule has 0 fully saturated rings. The van der Waals surface area contributed by atoms with E-state index in [0.29, 0.717) is 24.2 Å². The molecule has 0 aliphatic heterocycles. The van der Waals surface area contributed by atoms with Gasteiger partial charge in [0.15, 0.2) is 0 Å². The Morgan fingerprint density at radius 2 is 2.00 bits per heavy atom. The van der Waals surface area contributed by atoms with Gasteiger partial charge in [-0.3, -0.25) is 9.59 Å². The van der Waals surface area contributed by atoms with E-state index in [1.807, 2.05) is 30.3 Å². The van der Waals surface area contributed by atoms with Crippen molar-refractivity contribution in [1.82, 2.24) is 5.32 Å². The van der Waals surface area contributed by atoms with Crippen LogP contribution in [0, 0.1) is 6.92 Å². The Balaban J connectivity index is 2.03. The fraction of sp³-hybridized carbons (Fsp3) is 0.294. The van der Waals surface area contributed by atoms with Gasteiger partial charge in [0, 0.05) is 12.5 Å². The van der Waals surface area contributed by atoms with Gasteiger partial charge in [0.25, 0.3) is 5.91 Å². The Morgan fingerprint density at radius 1 is 1.27 bits per heavy atom. The molecular weight excluding hydrogens is 282 g/mol. The Labute approximate surface area is 129 Å². The third-order valence-electron chi connectivity index (χ3n) is 3.36. The van der Waals surface area contributed by atoms with Gasteiger partial charge in [-0.05, 0) is 31.4 Å². The van der Waals surface area contributed by atoms with Crippen LogP contribution >= 0.6 is 0 Å². The number of furan rings is 1. The number of carboxylic acids is 1. The average Bonchev–Trinajstić information content (AvgIpc) is 2.92. The Hall–Kier alpha value is -2.56. The van der Waals surface area contributed by atoms with Crippen molar-refractivity contribution < 1.29 is 19.1 Å². The molecule has 1 heterocycles. The standard InChI is InChI=1S/C17H19NO4/c1-12-9-14(11-22-12)17(21)18-15(7-8-16(19)20)10-13-5-3-2-4-6-13/h2-6,9,11,15H,7-8,10H2,1H3,(H,18,21)(H,19,20). The molecule has 0 bridgehead atoms. The fourth-order valence-corrected chi connectivity index (χ4v) is 2.25. The lowest BCUT2D eigenvalue weighted by Gasteiger charge is -2.17. The van der Waals surface area contributed by atoms with E-state index in [0.717, 1.165) is 5.56 Å². The SMILES string of the molecule is Cc1cc(C(=O)NC(CCC(=O)O)Cc2ccccc2)co1. The Bertz CT molecular complexity index is 633. The van der Waals surface area contributed by atoms with Gasteiger partial charge in [0.2, 0.25) is 0 Å². The molecule has 116 valence electrons. The molecular formula is C17H19NO4. The summed E-state index contributed by atoms with van der Waals surface area (Å²) in [6, 6.07) is 11.1. The molecule has 2 rings (SSSR count). The third-order valence-corrected chi connectivity index (χ3v) is 3.36. The molecule has 0 saturated carbocycles. The Kier molecular flexibility index (Phi) is 5.36. The minimum Gasteiger partial charge on any atom is -0.481 e. The summed E-state index contributed by atoms with van der Waals surface area (Å²) in [5.74, 6) is -0.454. The first-order valence-corrected chi connectivity index (χ1v) is 7.16. The second-order valence-electron chi connectivity index (χ2n) is 5.24. The van der Waals surface area contributed by atoms with Crippen LogP contribution in [0.3, 0.4) is 0 Å². The molecule has 0 aliphatic rings. The van der Waals surface area contributed by atoms with Gasteiger partial charge in [-0.1, -0.05) is 30.3 Å². The maximum Gasteiger partial charge on any atom is 0.303 e. The third kappa shape index (κ3) is 4.77. The summed E-state index contributed by atoms with van der Waals surface area (Å²) >= 11 is 0. The quantitative estimate of drug-likeness (QED) is 0.824. The molecule has 0 radical (unpaired) electrons. The van der Waals surface area contributed by atoms with Crippen LogP contribution in [-0.2, 0) is 11.2 Å². The highest BCUT2D eigenvalue weighted by Crippen LogP contribution is 2.11. The summed E-state index contributed by atoms with van der Waals surface area (Å²) in [4.78, 5) is 23.0. The number of benzene rings is 1. The van der Waals surface area contributed by atoms with Crippen LogP contribution in [0.4, 0.5) is 0 Å². The van der Waals surface area contributed by atoms with Gasteiger partial charge < -0.3 is 14.8 Å². The van der Waals surface area contributed by atoms with E-state index in [9.17, 15) is 9.59 Å². The molecule has 1 unspecified atom stereocenters. The van der Waals surface area contributed by atoms with Crippen molar-refractivity contribution in [1.29, 1.82) is 0 Å². The van der Waals surface area contributed by atoms with Gasteiger partial charge in [-0.15, -0.1) is 0 Å². The summed E-state index contributed by atoms with van der Waals surface area (Å²) in [5.41, 5.74) is 1.51. The number of carbonyl (C=O) groups is 2. The summed E-state index contributed by atoms with van der Waals surface area (Å²) in [5, 5.41) is 11.7. The summed E-state index contributed by atoms with van der Waals surface area (Å²) in [7, 11) is 0. The Morgan fingerprint density at radius 3 is 2.59 bits per heavy atom. The van der Waals surface area contributed by atoms with E-state index in [-0.39, 0.29) is 18.4 Å². The highest BCUT2D eigenvalue weighted by Gasteiger charge is 2.17. The van der Waals surface area contributed by atoms with Gasteiger partial charge >= 0.3 is 5.97 Å². The van der Waals surface area contributed by atoms with E-state index in [1.54, 1.807) is 13.0 Å². The molecule has 1 aromatic heterocycles. The first kappa shape index (κ1) is 15.8. The topological polar surface area (TPSA) is 79.5 Å². The number of carbonyl (C=O) groups excluding carboxylic acids is 1. The van der Waals surface area contributed by atoms with E-state index >= 15 is 0 Å². The number of rotatable bonds is 7. The second kappa shape index (κ2) is 7.45. The van der Waals surface area contributed by atoms with Crippen LogP contribution in [-0.4, -0.2) is 23.0 Å². The summed E-state index contributed by atoms with van der Waals surface area (Å²) < 4.78 is 5.13. The first-order valence-electron chi connectivity index (χ1n) is 7.16. The number of aryl methyl sites for hydroxylation is 1. The van der Waals surface area contributed by atoms with Gasteiger partial charge in [-0.25, -0.2) is 0 Å². The lowest BCUT2D eigenvalue weighted by molar-refractivity contribution is -0.137. The van der Waals surface area contributed by atoms with Crippen molar-refractivity contribution in [3.8, 4) is 0 Å². The normalized spacial score (nSPS) is 11.9. The number of aliphatic carboxylic acids is 1. The number of nitrogens with one attached hydrogen (secondary N) is 1. The van der Waals surface area contributed by atoms with Crippen molar-refractivity contribution in [2.45, 2.75) is 32.2 Å². The highest BCUT2D eigenvalue weighted by atomic mass is 16.4. The molecule has 0 aliphatic carbocycles. The fourth-order valence-electron chi connectivity index (χ4n) is 2.25. The summed E-state index contributed by atoms with van der Waals surface area (Å²) in [6.45, 7) is 1.77. The number of amides is 1. The predicted molar refractivity (Wildman–Crippen MR) is 81.7 cm³/mol. The van der Waals surface area contributed by atoms with Crippen LogP contribution in [0.1, 0.15) is 34.5 Å². The van der Waals surface area contributed by atoms with Crippen LogP contribution in [0.15, 0.2) is 47.1 Å². The van der Waals surface area contributed by atoms with Crippen molar-refractivity contribution in [2.24, 2.45) is 0 Å². The van der Waals surface area contributed by atoms with Gasteiger partial charge in [0.05, 0.1) is 5.56 Å². The van der Waals surface area contributed by atoms with Crippen LogP contribution < -0.4 is 5.32 Å². The molecule has 5 nitrogen and oxygen atoms in total. The maximum absolute atomic E-state index is 12.2. The minimum absolute atomic E-state index is 0.0161. The number of hydrogen-bond donors (Lipinski definition) is 2. The molecule has 2 aromatic rings. The van der Waals surface area contributed by atoms with Crippen molar-refractivity contribution in [3.63, 3.8) is 0 Å². The monoisotopic (exact) mass is 301 g/mol. The zero-order valence-electron chi connectivity index (χ0n) is 12.4. The van der Waals surface area contributed by atoms with E-state index in [2.05, 4.69) is 5.32 Å². The van der Waals surface area contributed by atoms with E-state index < -0.39 is 5.97 Å². The van der Waals surface area contributed by atoms with Crippen molar-refractivity contribution in [2.75, 3.05) is 0 Å². The molecule has 1 atom stereocenters. The highest BCUT2D eigenvalue weighted by molar-refractivity contribution is 5.94. The first-order chi connectivity index (χ1) is 10.5. The summed E-state index contributed by atoms with van der Waals surface area (Å²) in [6.07, 6.45) is 2.40. The predicted octanol–water partition coefficient (Wildman–Crippen LogP) is 2.79. The van der Waals surface area contributed by atoms with Gasteiger partial charge in [0.1, 0.15) is 12.0 Å². The number of carboxylic acid groups (broad SMARTS) is 1. The second-order valence-corrected chi connectivity index (χ2v) is 5.24. The molecule has 0 saturated heterocycles. The smallest absolute Gasteiger partial charge is 0.303 e. The average molecular weight is 301 g/mol. The van der Waals surface area contributed by atoms with Crippen molar-refractivity contribution >= 4 is 11.9 Å². The zero-order valence-corrected chi connectivity index (χ0v) is 12.4. The lowest BCUT2D eigenvalue weighted by atomic mass is 10.0. The van der Waals surface area contributed by atoms with Crippen molar-refractivity contribution in [3.05, 3.63) is 59.5 Å². The number of hydrogen-bond acceptors (Lipinski definition) is 3. The largest absolute Gasteiger partial charge is 0.481 e.